The van der Waals surface area contributed by atoms with E-state index in [9.17, 15) is 0 Å². The van der Waals surface area contributed by atoms with Crippen molar-refractivity contribution in [3.05, 3.63) is 11.8 Å². The van der Waals surface area contributed by atoms with E-state index in [-0.39, 0.29) is 0 Å². The van der Waals surface area contributed by atoms with Gasteiger partial charge in [0.1, 0.15) is 5.82 Å². The fraction of sp³-hybridized carbons (Fsp3) is 0.636. The summed E-state index contributed by atoms with van der Waals surface area (Å²) in [7, 11) is 0. The van der Waals surface area contributed by atoms with Crippen molar-refractivity contribution in [3.8, 4) is 0 Å². The summed E-state index contributed by atoms with van der Waals surface area (Å²) in [5, 5.41) is 3.46. The zero-order valence-electron chi connectivity index (χ0n) is 9.16. The van der Waals surface area contributed by atoms with E-state index in [0.29, 0.717) is 12.0 Å². The summed E-state index contributed by atoms with van der Waals surface area (Å²) in [5.41, 5.74) is 6.63. The van der Waals surface area contributed by atoms with Gasteiger partial charge in [-0.15, -0.1) is 0 Å². The van der Waals surface area contributed by atoms with E-state index in [4.69, 9.17) is 5.73 Å². The van der Waals surface area contributed by atoms with E-state index >= 15 is 0 Å². The van der Waals surface area contributed by atoms with E-state index in [1.54, 1.807) is 6.20 Å². The molecule has 0 unspecified atom stereocenters. The topological polar surface area (TPSA) is 63.8 Å². The summed E-state index contributed by atoms with van der Waals surface area (Å²) in [4.78, 5) is 8.18. The number of nitrogens with zero attached hydrogens (tertiary/aromatic N) is 2. The van der Waals surface area contributed by atoms with Crippen molar-refractivity contribution in [2.24, 2.45) is 0 Å². The molecule has 1 fully saturated rings. The van der Waals surface area contributed by atoms with Gasteiger partial charge in [0.15, 0.2) is 0 Å². The minimum absolute atomic E-state index is 0.346. The molecule has 0 radical (unpaired) electrons. The van der Waals surface area contributed by atoms with Crippen molar-refractivity contribution >= 4 is 11.8 Å². The summed E-state index contributed by atoms with van der Waals surface area (Å²) in [6.07, 6.45) is 8.25. The van der Waals surface area contributed by atoms with Gasteiger partial charge in [0.25, 0.3) is 0 Å². The first-order chi connectivity index (χ1) is 7.25. The molecule has 1 saturated carbocycles. The van der Waals surface area contributed by atoms with E-state index in [2.05, 4.69) is 15.3 Å². The molecule has 3 N–H and O–H groups in total. The maximum absolute atomic E-state index is 5.57. The number of hydrogen-bond donors (Lipinski definition) is 2. The van der Waals surface area contributed by atoms with Crippen LogP contribution in [-0.4, -0.2) is 16.0 Å². The molecule has 0 atom stereocenters. The molecule has 0 aromatic carbocycles. The Morgan fingerprint density at radius 1 is 1.33 bits per heavy atom. The fourth-order valence-corrected chi connectivity index (χ4v) is 2.04. The van der Waals surface area contributed by atoms with Crippen molar-refractivity contribution in [2.75, 3.05) is 11.1 Å². The van der Waals surface area contributed by atoms with Gasteiger partial charge in [-0.2, -0.15) is 4.98 Å². The number of nitrogens with two attached hydrogens (primary N) is 1. The molecule has 1 aliphatic carbocycles. The second kappa shape index (κ2) is 4.47. The normalized spacial score (nSPS) is 17.7. The molecule has 4 nitrogen and oxygen atoms in total. The van der Waals surface area contributed by atoms with Crippen LogP contribution in [0.15, 0.2) is 6.20 Å². The number of anilines is 2. The average Bonchev–Trinajstić information content (AvgIpc) is 2.25. The Morgan fingerprint density at radius 2 is 2.07 bits per heavy atom. The monoisotopic (exact) mass is 206 g/mol. The lowest BCUT2D eigenvalue weighted by molar-refractivity contribution is 0.461. The van der Waals surface area contributed by atoms with Crippen LogP contribution in [0.25, 0.3) is 0 Å². The first-order valence-electron chi connectivity index (χ1n) is 5.61. The molecule has 15 heavy (non-hydrogen) atoms. The summed E-state index contributed by atoms with van der Waals surface area (Å²) in [6.45, 7) is 2.00. The van der Waals surface area contributed by atoms with Gasteiger partial charge in [0.2, 0.25) is 5.95 Å². The summed E-state index contributed by atoms with van der Waals surface area (Å²) >= 11 is 0. The second-order valence-corrected chi connectivity index (χ2v) is 4.24. The lowest BCUT2D eigenvalue weighted by Crippen LogP contribution is -2.23. The molecule has 0 bridgehead atoms. The highest BCUT2D eigenvalue weighted by Crippen LogP contribution is 2.22. The van der Waals surface area contributed by atoms with Gasteiger partial charge in [-0.1, -0.05) is 19.3 Å². The summed E-state index contributed by atoms with van der Waals surface area (Å²) in [6, 6.07) is 0.562. The summed E-state index contributed by atoms with van der Waals surface area (Å²) in [5.74, 6) is 1.24. The molecule has 1 aliphatic rings. The number of aryl methyl sites for hydroxylation is 1. The van der Waals surface area contributed by atoms with Crippen molar-refractivity contribution < 1.29 is 0 Å². The quantitative estimate of drug-likeness (QED) is 0.778. The molecule has 0 saturated heterocycles. The van der Waals surface area contributed by atoms with Crippen LogP contribution in [0, 0.1) is 6.92 Å². The minimum atomic E-state index is 0.346. The van der Waals surface area contributed by atoms with Crippen molar-refractivity contribution in [2.45, 2.75) is 45.1 Å². The highest BCUT2D eigenvalue weighted by Gasteiger charge is 2.14. The molecule has 0 aliphatic heterocycles. The van der Waals surface area contributed by atoms with Crippen LogP contribution in [-0.2, 0) is 0 Å². The first kappa shape index (κ1) is 10.2. The number of rotatable bonds is 2. The van der Waals surface area contributed by atoms with E-state index < -0.39 is 0 Å². The molecule has 0 spiro atoms. The van der Waals surface area contributed by atoms with Crippen molar-refractivity contribution in [1.29, 1.82) is 0 Å². The van der Waals surface area contributed by atoms with Crippen LogP contribution in [0.4, 0.5) is 11.8 Å². The number of nitrogen functional groups attached to an aromatic ring is 1. The van der Waals surface area contributed by atoms with Gasteiger partial charge >= 0.3 is 0 Å². The van der Waals surface area contributed by atoms with E-state index in [1.807, 2.05) is 6.92 Å². The third kappa shape index (κ3) is 2.58. The second-order valence-electron chi connectivity index (χ2n) is 4.24. The number of aromatic nitrogens is 2. The van der Waals surface area contributed by atoms with Gasteiger partial charge < -0.3 is 11.1 Å². The van der Waals surface area contributed by atoms with Gasteiger partial charge in [-0.05, 0) is 19.8 Å². The van der Waals surface area contributed by atoms with E-state index in [1.165, 1.54) is 32.1 Å². The Balaban J connectivity index is 2.05. The van der Waals surface area contributed by atoms with Crippen LogP contribution in [0.5, 0.6) is 0 Å². The highest BCUT2D eigenvalue weighted by atomic mass is 15.1. The SMILES string of the molecule is Cc1cnc(N)nc1NC1CCCCC1. The molecular weight excluding hydrogens is 188 g/mol. The maximum Gasteiger partial charge on any atom is 0.221 e. The predicted octanol–water partition coefficient (Wildman–Crippen LogP) is 2.11. The average molecular weight is 206 g/mol. The molecule has 0 amide bonds. The predicted molar refractivity (Wildman–Crippen MR) is 61.7 cm³/mol. The zero-order chi connectivity index (χ0) is 10.7. The Kier molecular flexibility index (Phi) is 3.04. The molecule has 1 heterocycles. The zero-order valence-corrected chi connectivity index (χ0v) is 9.16. The Labute approximate surface area is 90.3 Å². The lowest BCUT2D eigenvalue weighted by atomic mass is 9.95. The lowest BCUT2D eigenvalue weighted by Gasteiger charge is -2.23. The molecule has 82 valence electrons. The largest absolute Gasteiger partial charge is 0.368 e. The molecular formula is C11H18N4. The Bertz CT molecular complexity index is 331. The van der Waals surface area contributed by atoms with Crippen LogP contribution >= 0.6 is 0 Å². The molecule has 4 heteroatoms. The van der Waals surface area contributed by atoms with Crippen molar-refractivity contribution in [1.82, 2.24) is 9.97 Å². The Morgan fingerprint density at radius 3 is 2.80 bits per heavy atom. The van der Waals surface area contributed by atoms with Crippen LogP contribution in [0.1, 0.15) is 37.7 Å². The van der Waals surface area contributed by atoms with Gasteiger partial charge in [-0.25, -0.2) is 4.98 Å². The minimum Gasteiger partial charge on any atom is -0.368 e. The highest BCUT2D eigenvalue weighted by molar-refractivity contribution is 5.45. The van der Waals surface area contributed by atoms with Gasteiger partial charge in [-0.3, -0.25) is 0 Å². The van der Waals surface area contributed by atoms with Gasteiger partial charge in [0.05, 0.1) is 0 Å². The standard InChI is InChI=1S/C11H18N4/c1-8-7-13-11(12)15-10(8)14-9-5-3-2-4-6-9/h7,9H,2-6H2,1H3,(H3,12,13,14,15). The number of nitrogens with one attached hydrogen (secondary N) is 1. The molecule has 1 aromatic rings. The van der Waals surface area contributed by atoms with E-state index in [0.717, 1.165) is 11.4 Å². The van der Waals surface area contributed by atoms with Crippen LogP contribution in [0.2, 0.25) is 0 Å². The van der Waals surface area contributed by atoms with Crippen LogP contribution < -0.4 is 11.1 Å². The first-order valence-corrected chi connectivity index (χ1v) is 5.61. The molecule has 2 rings (SSSR count). The summed E-state index contributed by atoms with van der Waals surface area (Å²) < 4.78 is 0. The third-order valence-electron chi connectivity index (χ3n) is 2.94. The smallest absolute Gasteiger partial charge is 0.221 e. The third-order valence-corrected chi connectivity index (χ3v) is 2.94. The Hall–Kier alpha value is -1.32. The molecule has 1 aromatic heterocycles. The van der Waals surface area contributed by atoms with Crippen LogP contribution in [0.3, 0.4) is 0 Å². The number of hydrogen-bond acceptors (Lipinski definition) is 4. The maximum atomic E-state index is 5.57. The van der Waals surface area contributed by atoms with Crippen molar-refractivity contribution in [3.63, 3.8) is 0 Å². The fourth-order valence-electron chi connectivity index (χ4n) is 2.04. The van der Waals surface area contributed by atoms with Gasteiger partial charge in [0, 0.05) is 17.8 Å².